The van der Waals surface area contributed by atoms with E-state index in [1.807, 2.05) is 19.9 Å². The zero-order valence-corrected chi connectivity index (χ0v) is 20.2. The predicted molar refractivity (Wildman–Crippen MR) is 131 cm³/mol. The van der Waals surface area contributed by atoms with Crippen LogP contribution < -0.4 is 19.7 Å². The van der Waals surface area contributed by atoms with Crippen molar-refractivity contribution in [2.24, 2.45) is 0 Å². The predicted octanol–water partition coefficient (Wildman–Crippen LogP) is 4.56. The van der Waals surface area contributed by atoms with Gasteiger partial charge in [-0.1, -0.05) is 0 Å². The van der Waals surface area contributed by atoms with Gasteiger partial charge in [-0.15, -0.1) is 0 Å². The lowest BCUT2D eigenvalue weighted by molar-refractivity contribution is 0.411. The number of hydrogen-bond donors (Lipinski definition) is 2. The number of sulfonamides is 1. The second-order valence-electron chi connectivity index (χ2n) is 8.28. The molecule has 2 N–H and O–H groups in total. The van der Waals surface area contributed by atoms with Gasteiger partial charge in [0, 0.05) is 36.2 Å². The molecule has 2 heterocycles. The summed E-state index contributed by atoms with van der Waals surface area (Å²) in [6.07, 6.45) is 2.36. The number of ether oxygens (including phenoxy) is 1. The molecule has 0 spiro atoms. The molecule has 8 nitrogen and oxygen atoms in total. The monoisotopic (exact) mass is 467 g/mol. The van der Waals surface area contributed by atoms with Crippen molar-refractivity contribution in [3.8, 4) is 5.75 Å². The fourth-order valence-corrected chi connectivity index (χ4v) is 5.32. The largest absolute Gasteiger partial charge is 0.496 e. The van der Waals surface area contributed by atoms with Gasteiger partial charge in [0.05, 0.1) is 12.0 Å². The van der Waals surface area contributed by atoms with E-state index in [0.717, 1.165) is 35.9 Å². The highest BCUT2D eigenvalue weighted by Gasteiger charge is 2.19. The van der Waals surface area contributed by atoms with Crippen molar-refractivity contribution in [2.75, 3.05) is 35.1 Å². The van der Waals surface area contributed by atoms with Gasteiger partial charge in [0.1, 0.15) is 11.6 Å². The number of benzene rings is 2. The SMILES string of the molecule is COc1cc(C)c(S(=O)(=O)Nc2ccc(Nc3nc(C)cc(N4CCCC4)n3)cc2)cc1C. The van der Waals surface area contributed by atoms with Crippen LogP contribution >= 0.6 is 0 Å². The Bertz CT molecular complexity index is 1250. The summed E-state index contributed by atoms with van der Waals surface area (Å²) in [4.78, 5) is 11.6. The normalized spacial score (nSPS) is 13.8. The molecule has 0 amide bonds. The molecule has 0 radical (unpaired) electrons. The third-order valence-corrected chi connectivity index (χ3v) is 7.17. The van der Waals surface area contributed by atoms with E-state index >= 15 is 0 Å². The lowest BCUT2D eigenvalue weighted by Crippen LogP contribution is -2.19. The molecule has 1 fully saturated rings. The van der Waals surface area contributed by atoms with Crippen LogP contribution in [0.25, 0.3) is 0 Å². The average molecular weight is 468 g/mol. The van der Waals surface area contributed by atoms with Gasteiger partial charge in [-0.2, -0.15) is 4.98 Å². The van der Waals surface area contributed by atoms with E-state index in [-0.39, 0.29) is 4.90 Å². The summed E-state index contributed by atoms with van der Waals surface area (Å²) < 4.78 is 33.9. The maximum absolute atomic E-state index is 13.0. The summed E-state index contributed by atoms with van der Waals surface area (Å²) in [6, 6.07) is 12.4. The highest BCUT2D eigenvalue weighted by molar-refractivity contribution is 7.92. The number of aryl methyl sites for hydroxylation is 3. The Morgan fingerprint density at radius 2 is 1.58 bits per heavy atom. The van der Waals surface area contributed by atoms with E-state index in [9.17, 15) is 8.42 Å². The molecule has 1 aliphatic heterocycles. The molecular formula is C24H29N5O3S. The molecule has 2 aromatic carbocycles. The second kappa shape index (κ2) is 9.27. The molecule has 0 bridgehead atoms. The smallest absolute Gasteiger partial charge is 0.262 e. The minimum Gasteiger partial charge on any atom is -0.496 e. The molecular weight excluding hydrogens is 438 g/mol. The molecule has 9 heteroatoms. The Labute approximate surface area is 195 Å². The first-order chi connectivity index (χ1) is 15.7. The van der Waals surface area contributed by atoms with Gasteiger partial charge in [0.25, 0.3) is 10.0 Å². The van der Waals surface area contributed by atoms with Crippen LogP contribution in [0.4, 0.5) is 23.1 Å². The number of anilines is 4. The highest BCUT2D eigenvalue weighted by atomic mass is 32.2. The van der Waals surface area contributed by atoms with Gasteiger partial charge in [-0.05, 0) is 81.1 Å². The van der Waals surface area contributed by atoms with Crippen LogP contribution in [0, 0.1) is 20.8 Å². The van der Waals surface area contributed by atoms with E-state index in [1.165, 1.54) is 12.8 Å². The maximum Gasteiger partial charge on any atom is 0.262 e. The minimum atomic E-state index is -3.74. The third-order valence-electron chi connectivity index (χ3n) is 5.65. The molecule has 174 valence electrons. The number of hydrogen-bond acceptors (Lipinski definition) is 7. The Hall–Kier alpha value is -3.33. The van der Waals surface area contributed by atoms with E-state index in [2.05, 4.69) is 24.9 Å². The molecule has 3 aromatic rings. The van der Waals surface area contributed by atoms with Crippen molar-refractivity contribution in [3.05, 3.63) is 59.3 Å². The molecule has 33 heavy (non-hydrogen) atoms. The molecule has 0 atom stereocenters. The lowest BCUT2D eigenvalue weighted by Gasteiger charge is -2.18. The van der Waals surface area contributed by atoms with Crippen LogP contribution in [0.1, 0.15) is 29.7 Å². The summed E-state index contributed by atoms with van der Waals surface area (Å²) in [6.45, 7) is 7.55. The van der Waals surface area contributed by atoms with Crippen LogP contribution in [-0.4, -0.2) is 38.6 Å². The Balaban J connectivity index is 1.49. The number of nitrogens with one attached hydrogen (secondary N) is 2. The Kier molecular flexibility index (Phi) is 6.42. The van der Waals surface area contributed by atoms with Crippen molar-refractivity contribution in [3.63, 3.8) is 0 Å². The van der Waals surface area contributed by atoms with E-state index in [4.69, 9.17) is 4.74 Å². The minimum absolute atomic E-state index is 0.227. The average Bonchev–Trinajstić information content (AvgIpc) is 3.31. The maximum atomic E-state index is 13.0. The van der Waals surface area contributed by atoms with Gasteiger partial charge in [-0.3, -0.25) is 4.72 Å². The molecule has 0 saturated carbocycles. The van der Waals surface area contributed by atoms with Crippen LogP contribution in [0.15, 0.2) is 47.4 Å². The van der Waals surface area contributed by atoms with Gasteiger partial charge in [0.15, 0.2) is 0 Å². The summed E-state index contributed by atoms with van der Waals surface area (Å²) in [7, 11) is -2.17. The van der Waals surface area contributed by atoms with Crippen LogP contribution in [-0.2, 0) is 10.0 Å². The summed E-state index contributed by atoms with van der Waals surface area (Å²) in [5, 5.41) is 3.22. The van der Waals surface area contributed by atoms with Crippen LogP contribution in [0.2, 0.25) is 0 Å². The van der Waals surface area contributed by atoms with Crippen molar-refractivity contribution in [2.45, 2.75) is 38.5 Å². The van der Waals surface area contributed by atoms with Gasteiger partial charge >= 0.3 is 0 Å². The van der Waals surface area contributed by atoms with Crippen molar-refractivity contribution in [1.29, 1.82) is 0 Å². The molecule has 4 rings (SSSR count). The quantitative estimate of drug-likeness (QED) is 0.526. The topological polar surface area (TPSA) is 96.5 Å². The van der Waals surface area contributed by atoms with Crippen LogP contribution in [0.5, 0.6) is 5.75 Å². The lowest BCUT2D eigenvalue weighted by atomic mass is 10.1. The first-order valence-corrected chi connectivity index (χ1v) is 12.4. The molecule has 0 aliphatic carbocycles. The molecule has 1 aliphatic rings. The second-order valence-corrected chi connectivity index (χ2v) is 9.93. The standard InChI is InChI=1S/C24H29N5O3S/c1-16-14-22(17(2)13-21(16)32-4)33(30,31)28-20-9-7-19(8-10-20)26-24-25-18(3)15-23(27-24)29-11-5-6-12-29/h7-10,13-15,28H,5-6,11-12H2,1-4H3,(H,25,26,27). The van der Waals surface area contributed by atoms with Crippen molar-refractivity contribution >= 4 is 33.2 Å². The number of aromatic nitrogens is 2. The zero-order chi connectivity index (χ0) is 23.6. The van der Waals surface area contributed by atoms with Gasteiger partial charge < -0.3 is 15.0 Å². The fraction of sp³-hybridized carbons (Fsp3) is 0.333. The first-order valence-electron chi connectivity index (χ1n) is 10.9. The number of rotatable bonds is 7. The molecule has 0 unspecified atom stereocenters. The van der Waals surface area contributed by atoms with Gasteiger partial charge in [-0.25, -0.2) is 13.4 Å². The molecule has 1 saturated heterocycles. The van der Waals surface area contributed by atoms with Crippen molar-refractivity contribution < 1.29 is 13.2 Å². The Morgan fingerprint density at radius 3 is 2.24 bits per heavy atom. The summed E-state index contributed by atoms with van der Waals surface area (Å²) in [5.41, 5.74) is 3.51. The van der Waals surface area contributed by atoms with Crippen molar-refractivity contribution in [1.82, 2.24) is 9.97 Å². The van der Waals surface area contributed by atoms with E-state index in [1.54, 1.807) is 50.4 Å². The molecule has 1 aromatic heterocycles. The summed E-state index contributed by atoms with van der Waals surface area (Å²) >= 11 is 0. The highest BCUT2D eigenvalue weighted by Crippen LogP contribution is 2.28. The van der Waals surface area contributed by atoms with Gasteiger partial charge in [0.2, 0.25) is 5.95 Å². The fourth-order valence-electron chi connectivity index (χ4n) is 3.95. The Morgan fingerprint density at radius 1 is 0.909 bits per heavy atom. The van der Waals surface area contributed by atoms with E-state index in [0.29, 0.717) is 22.9 Å². The van der Waals surface area contributed by atoms with Crippen LogP contribution in [0.3, 0.4) is 0 Å². The number of nitrogens with zero attached hydrogens (tertiary/aromatic N) is 3. The van der Waals surface area contributed by atoms with E-state index < -0.39 is 10.0 Å². The number of methoxy groups -OCH3 is 1. The zero-order valence-electron chi connectivity index (χ0n) is 19.3. The first kappa shape index (κ1) is 22.8. The summed E-state index contributed by atoms with van der Waals surface area (Å²) in [5.74, 6) is 2.11. The third kappa shape index (κ3) is 5.19.